The van der Waals surface area contributed by atoms with Gasteiger partial charge in [0.15, 0.2) is 5.75 Å². The predicted octanol–water partition coefficient (Wildman–Crippen LogP) is 2.99. The molecule has 8 nitrogen and oxygen atoms in total. The number of amides is 1. The van der Waals surface area contributed by atoms with Gasteiger partial charge in [-0.25, -0.2) is 13.2 Å². The van der Waals surface area contributed by atoms with Crippen molar-refractivity contribution in [3.8, 4) is 11.5 Å². The normalized spacial score (nSPS) is 10.8. The first-order chi connectivity index (χ1) is 12.7. The Labute approximate surface area is 157 Å². The van der Waals surface area contributed by atoms with E-state index in [1.807, 2.05) is 0 Å². The summed E-state index contributed by atoms with van der Waals surface area (Å²) in [7, 11) is -3.69. The number of para-hydroxylation sites is 1. The molecule has 2 aromatic carbocycles. The van der Waals surface area contributed by atoms with Crippen LogP contribution in [0.25, 0.3) is 0 Å². The van der Waals surface area contributed by atoms with Crippen LogP contribution in [0.3, 0.4) is 0 Å². The van der Waals surface area contributed by atoms with Crippen LogP contribution in [-0.4, -0.2) is 33.2 Å². The third kappa shape index (κ3) is 6.00. The van der Waals surface area contributed by atoms with Crippen molar-refractivity contribution in [3.05, 3.63) is 48.0 Å². The molecule has 27 heavy (non-hydrogen) atoms. The summed E-state index contributed by atoms with van der Waals surface area (Å²) >= 11 is 0. The number of ether oxygens (including phenoxy) is 2. The average Bonchev–Trinajstić information content (AvgIpc) is 2.56. The zero-order valence-corrected chi connectivity index (χ0v) is 15.9. The molecule has 0 unspecified atom stereocenters. The summed E-state index contributed by atoms with van der Waals surface area (Å²) in [6.07, 6.45) is 0.967. The fourth-order valence-electron chi connectivity index (χ4n) is 2.24. The predicted molar refractivity (Wildman–Crippen MR) is 102 cm³/mol. The molecular formula is C18H20N2O6S. The zero-order chi connectivity index (χ0) is 20.0. The summed E-state index contributed by atoms with van der Waals surface area (Å²) in [5, 5.41) is 2.55. The van der Waals surface area contributed by atoms with Crippen molar-refractivity contribution in [2.45, 2.75) is 13.8 Å². The van der Waals surface area contributed by atoms with E-state index in [0.717, 1.165) is 6.26 Å². The van der Waals surface area contributed by atoms with E-state index in [-0.39, 0.29) is 29.3 Å². The molecule has 0 heterocycles. The largest absolute Gasteiger partial charge is 0.462 e. The monoisotopic (exact) mass is 392 g/mol. The lowest BCUT2D eigenvalue weighted by Gasteiger charge is -2.18. The number of nitrogens with one attached hydrogen (secondary N) is 2. The van der Waals surface area contributed by atoms with E-state index in [4.69, 9.17) is 9.47 Å². The van der Waals surface area contributed by atoms with Crippen molar-refractivity contribution in [1.82, 2.24) is 0 Å². The number of carbonyl (C=O) groups excluding carboxylic acids is 2. The number of benzene rings is 2. The third-order valence-electron chi connectivity index (χ3n) is 3.17. The number of anilines is 2. The molecule has 2 N–H and O–H groups in total. The summed E-state index contributed by atoms with van der Waals surface area (Å²) in [5.74, 6) is -0.606. The lowest BCUT2D eigenvalue weighted by atomic mass is 10.1. The molecule has 0 aliphatic rings. The molecule has 0 radical (unpaired) electrons. The molecule has 9 heteroatoms. The molecule has 0 fully saturated rings. The van der Waals surface area contributed by atoms with Gasteiger partial charge in [0.05, 0.1) is 29.8 Å². The van der Waals surface area contributed by atoms with Gasteiger partial charge >= 0.3 is 5.97 Å². The van der Waals surface area contributed by atoms with Gasteiger partial charge in [0.2, 0.25) is 15.9 Å². The molecular weight excluding hydrogens is 372 g/mol. The quantitative estimate of drug-likeness (QED) is 0.701. The Morgan fingerprint density at radius 2 is 1.70 bits per heavy atom. The second-order valence-electron chi connectivity index (χ2n) is 5.59. The van der Waals surface area contributed by atoms with Crippen molar-refractivity contribution in [1.29, 1.82) is 0 Å². The van der Waals surface area contributed by atoms with E-state index in [2.05, 4.69) is 10.0 Å². The van der Waals surface area contributed by atoms with Crippen LogP contribution < -0.4 is 14.8 Å². The second-order valence-corrected chi connectivity index (χ2v) is 7.34. The van der Waals surface area contributed by atoms with Gasteiger partial charge in [0, 0.05) is 6.92 Å². The SMILES string of the molecule is CCOC(=O)c1cc(NC(C)=O)c(Oc2ccccc2)c(NS(C)(=O)=O)c1. The van der Waals surface area contributed by atoms with Crippen LogP contribution in [0.1, 0.15) is 24.2 Å². The summed E-state index contributed by atoms with van der Waals surface area (Å²) < 4.78 is 36.6. The average molecular weight is 392 g/mol. The fraction of sp³-hybridized carbons (Fsp3) is 0.222. The molecule has 1 amide bonds. The van der Waals surface area contributed by atoms with Crippen molar-refractivity contribution in [3.63, 3.8) is 0 Å². The molecule has 144 valence electrons. The Balaban J connectivity index is 2.63. The molecule has 0 saturated heterocycles. The van der Waals surface area contributed by atoms with Crippen molar-refractivity contribution in [2.24, 2.45) is 0 Å². The Hall–Kier alpha value is -3.07. The van der Waals surface area contributed by atoms with Gasteiger partial charge in [0.1, 0.15) is 5.75 Å². The molecule has 2 aromatic rings. The first kappa shape index (κ1) is 20.2. The highest BCUT2D eigenvalue weighted by atomic mass is 32.2. The highest BCUT2D eigenvalue weighted by Gasteiger charge is 2.20. The van der Waals surface area contributed by atoms with Crippen molar-refractivity contribution >= 4 is 33.3 Å². The molecule has 0 bridgehead atoms. The number of rotatable bonds is 7. The molecule has 0 aliphatic carbocycles. The standard InChI is InChI=1S/C18H20N2O6S/c1-4-25-18(22)13-10-15(19-12(2)21)17(16(11-13)20-27(3,23)24)26-14-8-6-5-7-9-14/h5-11,20H,4H2,1-3H3,(H,19,21). The van der Waals surface area contributed by atoms with Gasteiger partial charge < -0.3 is 14.8 Å². The van der Waals surface area contributed by atoms with E-state index >= 15 is 0 Å². The van der Waals surface area contributed by atoms with Crippen LogP contribution in [0.2, 0.25) is 0 Å². The van der Waals surface area contributed by atoms with Gasteiger partial charge in [-0.2, -0.15) is 0 Å². The molecule has 0 spiro atoms. The fourth-order valence-corrected chi connectivity index (χ4v) is 2.79. The Morgan fingerprint density at radius 1 is 1.07 bits per heavy atom. The minimum absolute atomic E-state index is 0.00402. The zero-order valence-electron chi connectivity index (χ0n) is 15.1. The topological polar surface area (TPSA) is 111 Å². The van der Waals surface area contributed by atoms with Gasteiger partial charge in [-0.3, -0.25) is 9.52 Å². The minimum atomic E-state index is -3.69. The number of sulfonamides is 1. The summed E-state index contributed by atoms with van der Waals surface area (Å²) in [6.45, 7) is 3.08. The Kier molecular flexibility index (Phi) is 6.40. The Bertz CT molecular complexity index is 942. The number of esters is 1. The Morgan fingerprint density at radius 3 is 2.26 bits per heavy atom. The maximum absolute atomic E-state index is 12.1. The van der Waals surface area contributed by atoms with Crippen molar-refractivity contribution in [2.75, 3.05) is 22.9 Å². The van der Waals surface area contributed by atoms with E-state index in [1.54, 1.807) is 37.3 Å². The second kappa shape index (κ2) is 8.54. The van der Waals surface area contributed by atoms with E-state index in [9.17, 15) is 18.0 Å². The minimum Gasteiger partial charge on any atom is -0.462 e. The first-order valence-electron chi connectivity index (χ1n) is 8.03. The van der Waals surface area contributed by atoms with Gasteiger partial charge in [0.25, 0.3) is 0 Å². The van der Waals surface area contributed by atoms with Crippen LogP contribution in [-0.2, 0) is 19.6 Å². The van der Waals surface area contributed by atoms with Crippen LogP contribution in [0.15, 0.2) is 42.5 Å². The van der Waals surface area contributed by atoms with Gasteiger partial charge in [-0.15, -0.1) is 0 Å². The van der Waals surface area contributed by atoms with E-state index in [1.165, 1.54) is 19.1 Å². The van der Waals surface area contributed by atoms with Crippen LogP contribution in [0.4, 0.5) is 11.4 Å². The summed E-state index contributed by atoms with van der Waals surface area (Å²) in [5.41, 5.74) is 0.186. The number of hydrogen-bond acceptors (Lipinski definition) is 6. The first-order valence-corrected chi connectivity index (χ1v) is 9.92. The molecule has 0 aliphatic heterocycles. The molecule has 2 rings (SSSR count). The smallest absolute Gasteiger partial charge is 0.338 e. The van der Waals surface area contributed by atoms with Crippen molar-refractivity contribution < 1.29 is 27.5 Å². The number of carbonyl (C=O) groups is 2. The number of hydrogen-bond donors (Lipinski definition) is 2. The lowest BCUT2D eigenvalue weighted by Crippen LogP contribution is -2.15. The third-order valence-corrected chi connectivity index (χ3v) is 3.76. The highest BCUT2D eigenvalue weighted by molar-refractivity contribution is 7.92. The molecule has 0 atom stereocenters. The highest BCUT2D eigenvalue weighted by Crippen LogP contribution is 2.39. The van der Waals surface area contributed by atoms with E-state index in [0.29, 0.717) is 5.75 Å². The van der Waals surface area contributed by atoms with Crippen LogP contribution in [0.5, 0.6) is 11.5 Å². The molecule has 0 aromatic heterocycles. The molecule has 0 saturated carbocycles. The van der Waals surface area contributed by atoms with E-state index < -0.39 is 21.9 Å². The maximum atomic E-state index is 12.1. The lowest BCUT2D eigenvalue weighted by molar-refractivity contribution is -0.114. The summed E-state index contributed by atoms with van der Waals surface area (Å²) in [6, 6.07) is 11.3. The van der Waals surface area contributed by atoms with Gasteiger partial charge in [-0.05, 0) is 31.2 Å². The summed E-state index contributed by atoms with van der Waals surface area (Å²) in [4.78, 5) is 23.7. The van der Waals surface area contributed by atoms with Crippen LogP contribution in [0, 0.1) is 0 Å². The van der Waals surface area contributed by atoms with Crippen LogP contribution >= 0.6 is 0 Å². The van der Waals surface area contributed by atoms with Gasteiger partial charge in [-0.1, -0.05) is 18.2 Å². The maximum Gasteiger partial charge on any atom is 0.338 e.